The number of hydrogen-bond donors (Lipinski definition) is 1. The first-order chi connectivity index (χ1) is 16.9. The molecule has 0 bridgehead atoms. The van der Waals surface area contributed by atoms with Gasteiger partial charge in [0.1, 0.15) is 17.2 Å². The van der Waals surface area contributed by atoms with Crippen LogP contribution in [0.15, 0.2) is 66.7 Å². The number of aliphatic carboxylic acids is 1. The van der Waals surface area contributed by atoms with Gasteiger partial charge >= 0.3 is 5.97 Å². The van der Waals surface area contributed by atoms with Crippen molar-refractivity contribution in [1.29, 1.82) is 0 Å². The van der Waals surface area contributed by atoms with Gasteiger partial charge in [-0.15, -0.1) is 0 Å². The lowest BCUT2D eigenvalue weighted by Gasteiger charge is -2.24. The number of fused-ring (bicyclic) bond motifs is 2. The molecule has 1 aromatic heterocycles. The number of Topliss-reactive ketones (excluding diaryl/α,β-unsaturated/α-hetero) is 1. The van der Waals surface area contributed by atoms with Crippen molar-refractivity contribution in [2.24, 2.45) is 0 Å². The average Bonchev–Trinajstić information content (AvgIpc) is 2.84. The molecule has 1 N–H and O–H groups in total. The minimum atomic E-state index is -0.915. The number of carboxylic acid groups (broad SMARTS) is 1. The Labute approximate surface area is 211 Å². The summed E-state index contributed by atoms with van der Waals surface area (Å²) in [6.07, 6.45) is 0.540. The number of carboxylic acids is 1. The van der Waals surface area contributed by atoms with Gasteiger partial charge in [-0.25, -0.2) is 0 Å². The summed E-state index contributed by atoms with van der Waals surface area (Å²) in [4.78, 5) is 28.8. The van der Waals surface area contributed by atoms with E-state index in [0.29, 0.717) is 52.1 Å². The molecular weight excluding hydrogens is 489 g/mol. The van der Waals surface area contributed by atoms with Crippen LogP contribution in [0.4, 0.5) is 0 Å². The number of carbonyl (C=O) groups excluding carboxylic acids is 1. The molecule has 4 aromatic rings. The Morgan fingerprint density at radius 2 is 1.80 bits per heavy atom. The largest absolute Gasteiger partial charge is 0.493 e. The molecule has 1 atom stereocenters. The van der Waals surface area contributed by atoms with E-state index < -0.39 is 11.9 Å². The van der Waals surface area contributed by atoms with Gasteiger partial charge < -0.3 is 14.6 Å². The summed E-state index contributed by atoms with van der Waals surface area (Å²) in [6.45, 7) is 0.306. The standard InChI is InChI=1S/C27H19Cl2NO5/c28-17-5-1-15-2-6-18(30-23(15)11-17)12-24(31)16-3-7-19(8-4-16)35-26-14-25-21(13-22(26)29)20(27(32)33)9-10-34-25/h1-8,11,13-14,20H,9-10,12H2,(H,32,33). The van der Waals surface area contributed by atoms with Gasteiger partial charge in [0.2, 0.25) is 0 Å². The van der Waals surface area contributed by atoms with Crippen LogP contribution in [-0.4, -0.2) is 28.4 Å². The zero-order valence-corrected chi connectivity index (χ0v) is 19.8. The van der Waals surface area contributed by atoms with Crippen molar-refractivity contribution < 1.29 is 24.2 Å². The Morgan fingerprint density at radius 1 is 1.03 bits per heavy atom. The molecule has 0 spiro atoms. The van der Waals surface area contributed by atoms with Gasteiger partial charge in [0.25, 0.3) is 0 Å². The fourth-order valence-electron chi connectivity index (χ4n) is 4.06. The van der Waals surface area contributed by atoms with E-state index in [4.69, 9.17) is 32.7 Å². The van der Waals surface area contributed by atoms with Crippen LogP contribution < -0.4 is 9.47 Å². The second-order valence-electron chi connectivity index (χ2n) is 8.21. The lowest BCUT2D eigenvalue weighted by Crippen LogP contribution is -2.20. The normalized spacial score (nSPS) is 14.7. The lowest BCUT2D eigenvalue weighted by molar-refractivity contribution is -0.139. The van der Waals surface area contributed by atoms with Crippen LogP contribution in [0, 0.1) is 0 Å². The minimum absolute atomic E-state index is 0.0784. The number of hydrogen-bond acceptors (Lipinski definition) is 5. The van der Waals surface area contributed by atoms with E-state index >= 15 is 0 Å². The number of benzene rings is 3. The highest BCUT2D eigenvalue weighted by Crippen LogP contribution is 2.41. The topological polar surface area (TPSA) is 85.7 Å². The third kappa shape index (κ3) is 4.94. The Balaban J connectivity index is 1.30. The van der Waals surface area contributed by atoms with Gasteiger partial charge in [-0.2, -0.15) is 0 Å². The van der Waals surface area contributed by atoms with Crippen molar-refractivity contribution in [1.82, 2.24) is 4.98 Å². The number of rotatable bonds is 6. The molecule has 0 radical (unpaired) electrons. The zero-order valence-electron chi connectivity index (χ0n) is 18.3. The van der Waals surface area contributed by atoms with Crippen LogP contribution in [0.25, 0.3) is 10.9 Å². The molecule has 5 rings (SSSR count). The molecule has 2 heterocycles. The number of pyridine rings is 1. The maximum Gasteiger partial charge on any atom is 0.311 e. The number of ketones is 1. The van der Waals surface area contributed by atoms with Crippen LogP contribution in [-0.2, 0) is 11.2 Å². The Morgan fingerprint density at radius 3 is 2.57 bits per heavy atom. The summed E-state index contributed by atoms with van der Waals surface area (Å²) in [6, 6.07) is 19.1. The van der Waals surface area contributed by atoms with Crippen molar-refractivity contribution in [3.8, 4) is 17.2 Å². The molecule has 0 aliphatic carbocycles. The molecule has 1 unspecified atom stereocenters. The minimum Gasteiger partial charge on any atom is -0.493 e. The third-order valence-electron chi connectivity index (χ3n) is 5.86. The van der Waals surface area contributed by atoms with Gasteiger partial charge in [-0.05, 0) is 55.0 Å². The van der Waals surface area contributed by atoms with Gasteiger partial charge in [-0.3, -0.25) is 14.6 Å². The third-order valence-corrected chi connectivity index (χ3v) is 6.39. The molecule has 176 valence electrons. The number of carbonyl (C=O) groups is 2. The Bertz CT molecular complexity index is 1450. The number of aromatic nitrogens is 1. The highest BCUT2D eigenvalue weighted by atomic mass is 35.5. The summed E-state index contributed by atoms with van der Waals surface area (Å²) in [5.41, 5.74) is 2.46. The molecule has 35 heavy (non-hydrogen) atoms. The highest BCUT2D eigenvalue weighted by molar-refractivity contribution is 6.32. The molecule has 8 heteroatoms. The van der Waals surface area contributed by atoms with Crippen molar-refractivity contribution >= 4 is 45.9 Å². The van der Waals surface area contributed by atoms with Crippen molar-refractivity contribution in [2.45, 2.75) is 18.8 Å². The molecular formula is C27H19Cl2NO5. The second kappa shape index (κ2) is 9.56. The molecule has 1 aliphatic heterocycles. The van der Waals surface area contributed by atoms with Crippen LogP contribution in [0.2, 0.25) is 10.0 Å². The summed E-state index contributed by atoms with van der Waals surface area (Å²) < 4.78 is 11.5. The molecule has 0 saturated carbocycles. The molecule has 0 amide bonds. The Hall–Kier alpha value is -3.61. The smallest absolute Gasteiger partial charge is 0.311 e. The first-order valence-electron chi connectivity index (χ1n) is 10.9. The second-order valence-corrected chi connectivity index (χ2v) is 9.06. The van der Waals surface area contributed by atoms with Crippen molar-refractivity contribution in [3.05, 3.63) is 93.6 Å². The van der Waals surface area contributed by atoms with Gasteiger partial charge in [0.15, 0.2) is 5.78 Å². The van der Waals surface area contributed by atoms with E-state index in [2.05, 4.69) is 4.98 Å². The predicted molar refractivity (Wildman–Crippen MR) is 133 cm³/mol. The molecule has 0 fully saturated rings. The summed E-state index contributed by atoms with van der Waals surface area (Å²) in [7, 11) is 0. The fourth-order valence-corrected chi connectivity index (χ4v) is 4.43. The van der Waals surface area contributed by atoms with E-state index in [-0.39, 0.29) is 17.2 Å². The van der Waals surface area contributed by atoms with E-state index in [1.165, 1.54) is 0 Å². The summed E-state index contributed by atoms with van der Waals surface area (Å²) in [5, 5.41) is 11.3. The lowest BCUT2D eigenvalue weighted by atomic mass is 9.93. The van der Waals surface area contributed by atoms with E-state index in [1.54, 1.807) is 48.5 Å². The first-order valence-corrected chi connectivity index (χ1v) is 11.7. The van der Waals surface area contributed by atoms with Gasteiger partial charge in [-0.1, -0.05) is 35.3 Å². The molecule has 1 aliphatic rings. The van der Waals surface area contributed by atoms with Gasteiger partial charge in [0, 0.05) is 33.3 Å². The first kappa shape index (κ1) is 23.1. The number of nitrogens with zero attached hydrogens (tertiary/aromatic N) is 1. The van der Waals surface area contributed by atoms with E-state index in [0.717, 1.165) is 10.9 Å². The molecule has 6 nitrogen and oxygen atoms in total. The van der Waals surface area contributed by atoms with Crippen LogP contribution in [0.1, 0.15) is 34.0 Å². The summed E-state index contributed by atoms with van der Waals surface area (Å²) in [5.74, 6) is -0.390. The van der Waals surface area contributed by atoms with Crippen LogP contribution >= 0.6 is 23.2 Å². The van der Waals surface area contributed by atoms with Gasteiger partial charge in [0.05, 0.1) is 29.5 Å². The predicted octanol–water partition coefficient (Wildman–Crippen LogP) is 6.71. The van der Waals surface area contributed by atoms with Crippen molar-refractivity contribution in [3.63, 3.8) is 0 Å². The maximum atomic E-state index is 12.8. The average molecular weight is 508 g/mol. The zero-order chi connectivity index (χ0) is 24.5. The summed E-state index contributed by atoms with van der Waals surface area (Å²) >= 11 is 12.4. The quantitative estimate of drug-likeness (QED) is 0.292. The number of halogens is 2. The monoisotopic (exact) mass is 507 g/mol. The fraction of sp³-hybridized carbons (Fsp3) is 0.148. The maximum absolute atomic E-state index is 12.8. The van der Waals surface area contributed by atoms with E-state index in [9.17, 15) is 14.7 Å². The molecule has 0 saturated heterocycles. The number of ether oxygens (including phenoxy) is 2. The SMILES string of the molecule is O=C(Cc1ccc2ccc(Cl)cc2n1)c1ccc(Oc2cc3c(cc2Cl)C(C(=O)O)CCO3)cc1. The van der Waals surface area contributed by atoms with Crippen LogP contribution in [0.3, 0.4) is 0 Å². The van der Waals surface area contributed by atoms with Crippen molar-refractivity contribution in [2.75, 3.05) is 6.61 Å². The van der Waals surface area contributed by atoms with E-state index in [1.807, 2.05) is 18.2 Å². The highest BCUT2D eigenvalue weighted by Gasteiger charge is 2.29. The van der Waals surface area contributed by atoms with Crippen LogP contribution in [0.5, 0.6) is 17.2 Å². The molecule has 3 aromatic carbocycles. The Kier molecular flexibility index (Phi) is 6.32.